The summed E-state index contributed by atoms with van der Waals surface area (Å²) in [6.07, 6.45) is -0.774. The van der Waals surface area contributed by atoms with Gasteiger partial charge in [-0.15, -0.1) is 0 Å². The fourth-order valence-electron chi connectivity index (χ4n) is 7.20. The number of ether oxygens (including phenoxy) is 4. The van der Waals surface area contributed by atoms with Crippen LogP contribution in [0.5, 0.6) is 0 Å². The molecule has 1 aliphatic heterocycles. The van der Waals surface area contributed by atoms with Crippen molar-refractivity contribution in [1.82, 2.24) is 0 Å². The molecule has 2 saturated carbocycles. The van der Waals surface area contributed by atoms with Gasteiger partial charge in [-0.1, -0.05) is 33.4 Å². The molecule has 194 valence electrons. The lowest BCUT2D eigenvalue weighted by molar-refractivity contribution is -0.316. The molecule has 1 saturated heterocycles. The molecule has 3 aliphatic rings. The number of hydrogen-bond donors (Lipinski definition) is 0. The highest BCUT2D eigenvalue weighted by Gasteiger charge is 2.77. The fraction of sp³-hybridized carbons (Fsp3) is 0.731. The molecule has 0 aromatic rings. The zero-order chi connectivity index (χ0) is 26.7. The molecule has 1 heterocycles. The Kier molecular flexibility index (Phi) is 6.60. The van der Waals surface area contributed by atoms with Crippen LogP contribution < -0.4 is 0 Å². The topological polar surface area (TPSA) is 122 Å². The maximum Gasteiger partial charge on any atom is 0.303 e. The van der Waals surface area contributed by atoms with E-state index < -0.39 is 81.7 Å². The minimum absolute atomic E-state index is 0.428. The van der Waals surface area contributed by atoms with Gasteiger partial charge in [-0.05, 0) is 32.1 Å². The van der Waals surface area contributed by atoms with E-state index in [4.69, 9.17) is 18.9 Å². The van der Waals surface area contributed by atoms with Crippen molar-refractivity contribution in [3.63, 3.8) is 0 Å². The number of Topliss-reactive ketones (excluding diaryl/α,β-unsaturated/α-hetero) is 2. The smallest absolute Gasteiger partial charge is 0.303 e. The van der Waals surface area contributed by atoms with Gasteiger partial charge in [0.05, 0.1) is 5.92 Å². The van der Waals surface area contributed by atoms with Crippen LogP contribution in [0.4, 0.5) is 0 Å². The van der Waals surface area contributed by atoms with Gasteiger partial charge in [-0.2, -0.15) is 0 Å². The zero-order valence-electron chi connectivity index (χ0n) is 21.8. The van der Waals surface area contributed by atoms with Gasteiger partial charge in [0.25, 0.3) is 0 Å². The fourth-order valence-corrected chi connectivity index (χ4v) is 7.20. The first-order valence-corrected chi connectivity index (χ1v) is 11.9. The Morgan fingerprint density at radius 2 is 1.49 bits per heavy atom. The highest BCUT2D eigenvalue weighted by molar-refractivity contribution is 6.42. The maximum absolute atomic E-state index is 13.9. The van der Waals surface area contributed by atoms with Crippen LogP contribution in [0.15, 0.2) is 12.7 Å². The van der Waals surface area contributed by atoms with E-state index in [0.717, 1.165) is 0 Å². The molecule has 0 bridgehead atoms. The predicted octanol–water partition coefficient (Wildman–Crippen LogP) is 2.73. The number of carbonyl (C=O) groups is 5. The van der Waals surface area contributed by atoms with Crippen molar-refractivity contribution in [1.29, 1.82) is 0 Å². The van der Waals surface area contributed by atoms with E-state index in [9.17, 15) is 24.0 Å². The molecule has 3 rings (SSSR count). The molecule has 0 N–H and O–H groups in total. The van der Waals surface area contributed by atoms with Crippen LogP contribution in [0.2, 0.25) is 0 Å². The average Bonchev–Trinajstić information content (AvgIpc) is 2.70. The van der Waals surface area contributed by atoms with Crippen molar-refractivity contribution < 1.29 is 42.9 Å². The van der Waals surface area contributed by atoms with E-state index in [1.54, 1.807) is 13.8 Å². The van der Waals surface area contributed by atoms with Crippen LogP contribution in [0.3, 0.4) is 0 Å². The number of ketones is 2. The molecule has 35 heavy (non-hydrogen) atoms. The second kappa shape index (κ2) is 8.54. The molecule has 3 fully saturated rings. The van der Waals surface area contributed by atoms with Crippen molar-refractivity contribution in [2.75, 3.05) is 0 Å². The Balaban J connectivity index is 2.39. The van der Waals surface area contributed by atoms with Crippen LogP contribution in [0.25, 0.3) is 0 Å². The molecule has 0 aromatic heterocycles. The molecule has 0 aromatic carbocycles. The summed E-state index contributed by atoms with van der Waals surface area (Å²) in [6, 6.07) is 0. The highest BCUT2D eigenvalue weighted by atomic mass is 16.6. The molecule has 0 spiro atoms. The normalized spacial score (nSPS) is 42.2. The molecule has 9 nitrogen and oxygen atoms in total. The average molecular weight is 493 g/mol. The first-order chi connectivity index (χ1) is 16.0. The van der Waals surface area contributed by atoms with Crippen LogP contribution >= 0.6 is 0 Å². The summed E-state index contributed by atoms with van der Waals surface area (Å²) in [7, 11) is 0. The zero-order valence-corrected chi connectivity index (χ0v) is 21.8. The summed E-state index contributed by atoms with van der Waals surface area (Å²) in [5.74, 6) is -5.07. The number of fused-ring (bicyclic) bond motifs is 3. The molecule has 0 unspecified atom stereocenters. The molecule has 0 amide bonds. The monoisotopic (exact) mass is 492 g/mol. The van der Waals surface area contributed by atoms with Crippen molar-refractivity contribution in [3.8, 4) is 0 Å². The third-order valence-electron chi connectivity index (χ3n) is 8.31. The Morgan fingerprint density at radius 1 is 0.943 bits per heavy atom. The van der Waals surface area contributed by atoms with Crippen molar-refractivity contribution in [2.24, 2.45) is 22.7 Å². The molecule has 9 heteroatoms. The van der Waals surface area contributed by atoms with Crippen molar-refractivity contribution in [2.45, 2.75) is 97.7 Å². The Morgan fingerprint density at radius 3 is 1.97 bits per heavy atom. The summed E-state index contributed by atoms with van der Waals surface area (Å²) in [5, 5.41) is 0. The lowest BCUT2D eigenvalue weighted by atomic mass is 9.41. The van der Waals surface area contributed by atoms with Gasteiger partial charge in [-0.3, -0.25) is 24.0 Å². The SMILES string of the molecule is C=C[C@]1(C)O[C@]2(C)[C@@H](OC(C)=O)[C@@H](OC(C)=O)[C@H]3C(C)(C)CC[C@H](OC(C)=O)[C@]3(C)[C@H]2C(=O)C1=O. The van der Waals surface area contributed by atoms with Gasteiger partial charge < -0.3 is 18.9 Å². The van der Waals surface area contributed by atoms with Gasteiger partial charge >= 0.3 is 17.9 Å². The third-order valence-corrected chi connectivity index (χ3v) is 8.31. The van der Waals surface area contributed by atoms with E-state index in [2.05, 4.69) is 6.58 Å². The van der Waals surface area contributed by atoms with Gasteiger partial charge in [0.15, 0.2) is 6.10 Å². The summed E-state index contributed by atoms with van der Waals surface area (Å²) < 4.78 is 23.7. The van der Waals surface area contributed by atoms with Crippen LogP contribution in [0, 0.1) is 22.7 Å². The van der Waals surface area contributed by atoms with Gasteiger partial charge in [-0.25, -0.2) is 0 Å². The molecule has 0 radical (unpaired) electrons. The highest BCUT2D eigenvalue weighted by Crippen LogP contribution is 2.66. The first-order valence-electron chi connectivity index (χ1n) is 11.9. The number of rotatable bonds is 4. The quantitative estimate of drug-likeness (QED) is 0.252. The maximum atomic E-state index is 13.9. The predicted molar refractivity (Wildman–Crippen MR) is 123 cm³/mol. The minimum atomic E-state index is -1.69. The van der Waals surface area contributed by atoms with Gasteiger partial charge in [0, 0.05) is 32.1 Å². The summed E-state index contributed by atoms with van der Waals surface area (Å²) >= 11 is 0. The second-order valence-corrected chi connectivity index (χ2v) is 11.3. The lowest BCUT2D eigenvalue weighted by Gasteiger charge is -2.68. The summed E-state index contributed by atoms with van der Waals surface area (Å²) in [6.45, 7) is 16.1. The standard InChI is InChI=1S/C26H36O9/c1-10-24(7)21(31)17(30)19-25(8)16(32-13(2)27)11-12-23(5,6)20(25)18(33-14(3)28)22(34-15(4)29)26(19,9)35-24/h10,16,18-20,22H,1,11-12H2,2-9H3/t16-,18-,19+,20-,22-,24-,25+,26-/m0/s1. The van der Waals surface area contributed by atoms with Crippen LogP contribution in [-0.4, -0.2) is 59.0 Å². The lowest BCUT2D eigenvalue weighted by Crippen LogP contribution is -2.80. The number of esters is 3. The molecular formula is C26H36O9. The Bertz CT molecular complexity index is 983. The minimum Gasteiger partial charge on any atom is -0.462 e. The molecular weight excluding hydrogens is 456 g/mol. The summed E-state index contributed by atoms with van der Waals surface area (Å²) in [4.78, 5) is 64.0. The third kappa shape index (κ3) is 4.01. The van der Waals surface area contributed by atoms with E-state index in [-0.39, 0.29) is 0 Å². The number of hydrogen-bond acceptors (Lipinski definition) is 9. The van der Waals surface area contributed by atoms with E-state index in [1.807, 2.05) is 13.8 Å². The van der Waals surface area contributed by atoms with Crippen molar-refractivity contribution >= 4 is 29.5 Å². The van der Waals surface area contributed by atoms with E-state index in [0.29, 0.717) is 12.8 Å². The van der Waals surface area contributed by atoms with E-state index >= 15 is 0 Å². The second-order valence-electron chi connectivity index (χ2n) is 11.3. The first kappa shape index (κ1) is 27.0. The molecule has 8 atom stereocenters. The number of carbonyl (C=O) groups excluding carboxylic acids is 5. The molecule has 2 aliphatic carbocycles. The Labute approximate surface area is 205 Å². The van der Waals surface area contributed by atoms with Gasteiger partial charge in [0.2, 0.25) is 11.6 Å². The van der Waals surface area contributed by atoms with Crippen LogP contribution in [-0.2, 0) is 42.9 Å². The summed E-state index contributed by atoms with van der Waals surface area (Å²) in [5.41, 5.74) is -5.02. The van der Waals surface area contributed by atoms with E-state index in [1.165, 1.54) is 33.8 Å². The van der Waals surface area contributed by atoms with Crippen LogP contribution in [0.1, 0.15) is 68.2 Å². The van der Waals surface area contributed by atoms with Crippen molar-refractivity contribution in [3.05, 3.63) is 12.7 Å². The largest absolute Gasteiger partial charge is 0.462 e. The van der Waals surface area contributed by atoms with Gasteiger partial charge in [0.1, 0.15) is 23.4 Å². The Hall–Kier alpha value is -2.55.